The summed E-state index contributed by atoms with van der Waals surface area (Å²) < 4.78 is 105. The van der Waals surface area contributed by atoms with Crippen molar-refractivity contribution in [2.75, 3.05) is 18.5 Å². The lowest BCUT2D eigenvalue weighted by atomic mass is 9.93. The van der Waals surface area contributed by atoms with Crippen molar-refractivity contribution in [2.45, 2.75) is 82.9 Å². The number of halogens is 7. The third kappa shape index (κ3) is 10.8. The standard InChI is InChI=1S/C29H33BrF6N4O7/c1-26(2,3)47-25(43)37-19-15-18(28(31,32)33)22(30)38-21(19)23(41)39-40-24(42)27(29(34,35)36,46-16-17-9-5-4-6-10-17)12-8-7-11-20-44-13-14-45-20/h4-6,9-10,15,20H,7-8,11-14,16H2,1-3H3,(H,37,43)(H,39,41)(H,40,42)/t27-/m1/s1. The second-order valence-corrected chi connectivity index (χ2v) is 12.0. The summed E-state index contributed by atoms with van der Waals surface area (Å²) in [4.78, 5) is 42.3. The summed E-state index contributed by atoms with van der Waals surface area (Å²) in [5.74, 6) is -3.27. The number of alkyl halides is 6. The maximum absolute atomic E-state index is 14.7. The molecule has 1 aliphatic heterocycles. The van der Waals surface area contributed by atoms with Gasteiger partial charge in [0, 0.05) is 0 Å². The van der Waals surface area contributed by atoms with Crippen molar-refractivity contribution in [2.24, 2.45) is 0 Å². The summed E-state index contributed by atoms with van der Waals surface area (Å²) in [6, 6.07) is 8.11. The van der Waals surface area contributed by atoms with Crippen molar-refractivity contribution in [1.29, 1.82) is 0 Å². The third-order valence-corrected chi connectivity index (χ3v) is 7.09. The number of benzene rings is 1. The van der Waals surface area contributed by atoms with Gasteiger partial charge < -0.3 is 18.9 Å². The molecule has 3 rings (SSSR count). The van der Waals surface area contributed by atoms with E-state index in [1.807, 2.05) is 5.32 Å². The van der Waals surface area contributed by atoms with Gasteiger partial charge in [0.25, 0.3) is 11.8 Å². The number of nitrogens with zero attached hydrogens (tertiary/aromatic N) is 1. The average molecular weight is 743 g/mol. The van der Waals surface area contributed by atoms with Gasteiger partial charge in [0.05, 0.1) is 31.1 Å². The first kappa shape index (κ1) is 38.0. The number of nitrogens with one attached hydrogen (secondary N) is 3. The maximum atomic E-state index is 14.7. The van der Waals surface area contributed by atoms with Crippen LogP contribution in [0, 0.1) is 0 Å². The summed E-state index contributed by atoms with van der Waals surface area (Å²) in [5, 5.41) is 1.98. The van der Waals surface area contributed by atoms with Gasteiger partial charge in [0.15, 0.2) is 12.0 Å². The van der Waals surface area contributed by atoms with Gasteiger partial charge in [-0.15, -0.1) is 0 Å². The number of hydrogen-bond acceptors (Lipinski definition) is 8. The van der Waals surface area contributed by atoms with Crippen molar-refractivity contribution >= 4 is 39.5 Å². The quantitative estimate of drug-likeness (QED) is 0.104. The lowest BCUT2D eigenvalue weighted by molar-refractivity contribution is -0.273. The van der Waals surface area contributed by atoms with Crippen LogP contribution in [0.1, 0.15) is 68.1 Å². The highest BCUT2D eigenvalue weighted by Crippen LogP contribution is 2.40. The molecule has 0 bridgehead atoms. The number of anilines is 1. The Balaban J connectivity index is 1.87. The van der Waals surface area contributed by atoms with E-state index in [4.69, 9.17) is 18.9 Å². The van der Waals surface area contributed by atoms with Crippen molar-refractivity contribution < 1.29 is 59.7 Å². The Morgan fingerprint density at radius 2 is 1.62 bits per heavy atom. The predicted molar refractivity (Wildman–Crippen MR) is 157 cm³/mol. The molecule has 0 saturated carbocycles. The molecule has 2 aromatic rings. The molecule has 1 saturated heterocycles. The fraction of sp³-hybridized carbons (Fsp3) is 0.517. The Kier molecular flexibility index (Phi) is 12.6. The summed E-state index contributed by atoms with van der Waals surface area (Å²) in [5.41, 5.74) is -3.91. The largest absolute Gasteiger partial charge is 0.444 e. The predicted octanol–water partition coefficient (Wildman–Crippen LogP) is 6.42. The summed E-state index contributed by atoms with van der Waals surface area (Å²) >= 11 is 2.61. The Morgan fingerprint density at radius 3 is 2.19 bits per heavy atom. The number of ether oxygens (including phenoxy) is 4. The topological polar surface area (TPSA) is 137 Å². The van der Waals surface area contributed by atoms with Crippen LogP contribution >= 0.6 is 15.9 Å². The SMILES string of the molecule is CC(C)(C)OC(=O)Nc1cc(C(F)(F)F)c(Br)nc1C(=O)NNC(=O)[C@@](CCCCC1OCCO1)(OCc1ccccc1)C(F)(F)F. The minimum Gasteiger partial charge on any atom is -0.444 e. The van der Waals surface area contributed by atoms with Gasteiger partial charge in [-0.1, -0.05) is 30.3 Å². The number of rotatable bonds is 11. The molecule has 0 unspecified atom stereocenters. The molecule has 0 aliphatic carbocycles. The fourth-order valence-electron chi connectivity index (χ4n) is 4.29. The Hall–Kier alpha value is -3.48. The number of hydrogen-bond donors (Lipinski definition) is 3. The Morgan fingerprint density at radius 1 is 0.979 bits per heavy atom. The van der Waals surface area contributed by atoms with E-state index in [1.165, 1.54) is 32.9 Å². The molecule has 3 N–H and O–H groups in total. The number of pyridine rings is 1. The van der Waals surface area contributed by atoms with Crippen LogP contribution in [0.2, 0.25) is 0 Å². The van der Waals surface area contributed by atoms with Gasteiger partial charge in [-0.05, 0) is 74.0 Å². The number of unbranched alkanes of at least 4 members (excludes halogenated alkanes) is 1. The van der Waals surface area contributed by atoms with Crippen molar-refractivity contribution in [3.63, 3.8) is 0 Å². The number of hydrazine groups is 1. The highest BCUT2D eigenvalue weighted by molar-refractivity contribution is 9.10. The second kappa shape index (κ2) is 15.6. The molecule has 1 fully saturated rings. The van der Waals surface area contributed by atoms with E-state index in [1.54, 1.807) is 29.1 Å². The second-order valence-electron chi connectivity index (χ2n) is 11.3. The molecule has 1 aliphatic rings. The monoisotopic (exact) mass is 742 g/mol. The zero-order valence-electron chi connectivity index (χ0n) is 25.4. The van der Waals surface area contributed by atoms with Crippen LogP contribution in [0.5, 0.6) is 0 Å². The molecule has 260 valence electrons. The van der Waals surface area contributed by atoms with Crippen LogP contribution in [0.25, 0.3) is 0 Å². The first-order chi connectivity index (χ1) is 21.8. The van der Waals surface area contributed by atoms with E-state index in [9.17, 15) is 40.7 Å². The molecule has 11 nitrogen and oxygen atoms in total. The van der Waals surface area contributed by atoms with E-state index < -0.39 is 82.3 Å². The van der Waals surface area contributed by atoms with Crippen LogP contribution in [-0.2, 0) is 36.5 Å². The van der Waals surface area contributed by atoms with Crippen LogP contribution in [0.3, 0.4) is 0 Å². The van der Waals surface area contributed by atoms with Gasteiger partial charge in [-0.25, -0.2) is 9.78 Å². The lowest BCUT2D eigenvalue weighted by Crippen LogP contribution is -2.61. The zero-order valence-corrected chi connectivity index (χ0v) is 27.0. The normalized spacial score (nSPS) is 15.5. The van der Waals surface area contributed by atoms with Gasteiger partial charge in [-0.3, -0.25) is 25.8 Å². The van der Waals surface area contributed by atoms with Gasteiger partial charge in [0.2, 0.25) is 5.60 Å². The van der Waals surface area contributed by atoms with Crippen molar-refractivity contribution in [1.82, 2.24) is 15.8 Å². The number of aromatic nitrogens is 1. The summed E-state index contributed by atoms with van der Waals surface area (Å²) in [6.45, 7) is 4.48. The van der Waals surface area contributed by atoms with Crippen LogP contribution in [0.4, 0.5) is 36.8 Å². The fourth-order valence-corrected chi connectivity index (χ4v) is 4.81. The molecule has 0 radical (unpaired) electrons. The molecule has 2 heterocycles. The average Bonchev–Trinajstić information content (AvgIpc) is 3.48. The first-order valence-corrected chi connectivity index (χ1v) is 15.0. The molecule has 18 heteroatoms. The highest BCUT2D eigenvalue weighted by Gasteiger charge is 2.61. The smallest absolute Gasteiger partial charge is 0.426 e. The lowest BCUT2D eigenvalue weighted by Gasteiger charge is -2.34. The number of amides is 3. The van der Waals surface area contributed by atoms with E-state index in [-0.39, 0.29) is 19.3 Å². The molecule has 1 aromatic carbocycles. The Bertz CT molecular complexity index is 1400. The van der Waals surface area contributed by atoms with Crippen molar-refractivity contribution in [3.8, 4) is 0 Å². The zero-order chi connectivity index (χ0) is 35.0. The van der Waals surface area contributed by atoms with E-state index in [2.05, 4.69) is 20.9 Å². The minimum atomic E-state index is -5.30. The van der Waals surface area contributed by atoms with E-state index >= 15 is 0 Å². The summed E-state index contributed by atoms with van der Waals surface area (Å²) in [6.07, 6.45) is -12.7. The maximum Gasteiger partial charge on any atom is 0.426 e. The molecule has 47 heavy (non-hydrogen) atoms. The van der Waals surface area contributed by atoms with Gasteiger partial charge >= 0.3 is 18.4 Å². The molecule has 1 aromatic heterocycles. The first-order valence-electron chi connectivity index (χ1n) is 14.2. The molecule has 3 amide bonds. The number of carbonyl (C=O) groups is 3. The van der Waals surface area contributed by atoms with Crippen molar-refractivity contribution in [3.05, 3.63) is 57.8 Å². The van der Waals surface area contributed by atoms with Crippen LogP contribution < -0.4 is 16.2 Å². The minimum absolute atomic E-state index is 0.167. The number of carbonyl (C=O) groups excluding carboxylic acids is 3. The van der Waals surface area contributed by atoms with Gasteiger partial charge in [-0.2, -0.15) is 26.3 Å². The summed E-state index contributed by atoms with van der Waals surface area (Å²) in [7, 11) is 0. The van der Waals surface area contributed by atoms with E-state index in [0.29, 0.717) is 24.8 Å². The van der Waals surface area contributed by atoms with Crippen LogP contribution in [-0.4, -0.2) is 59.8 Å². The molecule has 1 atom stereocenters. The molecule has 0 spiro atoms. The Labute approximate surface area is 274 Å². The van der Waals surface area contributed by atoms with E-state index in [0.717, 1.165) is 0 Å². The molecular formula is C29H33BrF6N4O7. The van der Waals surface area contributed by atoms with Gasteiger partial charge in [0.1, 0.15) is 10.2 Å². The highest BCUT2D eigenvalue weighted by atomic mass is 79.9. The third-order valence-electron chi connectivity index (χ3n) is 6.48. The molecular weight excluding hydrogens is 710 g/mol. The van der Waals surface area contributed by atoms with Crippen LogP contribution in [0.15, 0.2) is 41.0 Å².